The first-order valence-corrected chi connectivity index (χ1v) is 5.64. The monoisotopic (exact) mass is 238 g/mol. The molecule has 0 aliphatic carbocycles. The van der Waals surface area contributed by atoms with E-state index in [1.54, 1.807) is 0 Å². The maximum atomic E-state index is 5.38. The Hall–Kier alpha value is 0.400. The standard InChI is InChI=1S/C9H19BrO2/c1-3-4-11-5-6-12-8-9(2)7-10/h9H,3-8H2,1-2H3. The van der Waals surface area contributed by atoms with Crippen LogP contribution in [-0.2, 0) is 9.47 Å². The summed E-state index contributed by atoms with van der Waals surface area (Å²) >= 11 is 3.40. The van der Waals surface area contributed by atoms with Gasteiger partial charge in [-0.2, -0.15) is 0 Å². The van der Waals surface area contributed by atoms with Crippen molar-refractivity contribution in [1.82, 2.24) is 0 Å². The molecule has 0 radical (unpaired) electrons. The van der Waals surface area contributed by atoms with Crippen molar-refractivity contribution in [3.8, 4) is 0 Å². The van der Waals surface area contributed by atoms with Crippen LogP contribution in [0.1, 0.15) is 20.3 Å². The van der Waals surface area contributed by atoms with Crippen LogP contribution in [0.2, 0.25) is 0 Å². The minimum Gasteiger partial charge on any atom is -0.379 e. The Kier molecular flexibility index (Phi) is 9.80. The highest BCUT2D eigenvalue weighted by Gasteiger charge is 1.98. The first-order valence-electron chi connectivity index (χ1n) is 4.52. The minimum atomic E-state index is 0.594. The van der Waals surface area contributed by atoms with Gasteiger partial charge in [0.25, 0.3) is 0 Å². The number of rotatable bonds is 8. The lowest BCUT2D eigenvalue weighted by atomic mass is 10.2. The molecule has 1 unspecified atom stereocenters. The maximum Gasteiger partial charge on any atom is 0.0700 e. The van der Waals surface area contributed by atoms with E-state index in [1.165, 1.54) is 0 Å². The average molecular weight is 239 g/mol. The maximum absolute atomic E-state index is 5.38. The minimum absolute atomic E-state index is 0.594. The molecule has 0 aromatic carbocycles. The fourth-order valence-corrected chi connectivity index (χ4v) is 0.880. The van der Waals surface area contributed by atoms with Crippen molar-refractivity contribution in [2.45, 2.75) is 20.3 Å². The lowest BCUT2D eigenvalue weighted by molar-refractivity contribution is 0.0386. The summed E-state index contributed by atoms with van der Waals surface area (Å²) in [6.07, 6.45) is 1.08. The van der Waals surface area contributed by atoms with Crippen LogP contribution in [0.4, 0.5) is 0 Å². The molecule has 0 aromatic rings. The number of ether oxygens (including phenoxy) is 2. The van der Waals surface area contributed by atoms with Gasteiger partial charge in [0.05, 0.1) is 19.8 Å². The molecule has 0 N–H and O–H groups in total. The molecule has 0 aliphatic rings. The summed E-state index contributed by atoms with van der Waals surface area (Å²) in [4.78, 5) is 0. The third-order valence-electron chi connectivity index (χ3n) is 1.39. The molecule has 0 fully saturated rings. The molecule has 0 saturated carbocycles. The SMILES string of the molecule is CCCOCCOCC(C)CBr. The van der Waals surface area contributed by atoms with Crippen LogP contribution in [0, 0.1) is 5.92 Å². The zero-order valence-electron chi connectivity index (χ0n) is 8.01. The van der Waals surface area contributed by atoms with Crippen LogP contribution in [0.15, 0.2) is 0 Å². The van der Waals surface area contributed by atoms with Gasteiger partial charge < -0.3 is 9.47 Å². The van der Waals surface area contributed by atoms with Gasteiger partial charge in [0.2, 0.25) is 0 Å². The first kappa shape index (κ1) is 12.4. The average Bonchev–Trinajstić information content (AvgIpc) is 2.10. The summed E-state index contributed by atoms with van der Waals surface area (Å²) in [5, 5.41) is 1.00. The highest BCUT2D eigenvalue weighted by molar-refractivity contribution is 9.09. The molecule has 0 amide bonds. The lowest BCUT2D eigenvalue weighted by Gasteiger charge is -2.08. The van der Waals surface area contributed by atoms with Crippen molar-refractivity contribution in [2.75, 3.05) is 31.8 Å². The molecule has 0 spiro atoms. The smallest absolute Gasteiger partial charge is 0.0700 e. The Bertz CT molecular complexity index is 88.6. The number of halogens is 1. The van der Waals surface area contributed by atoms with Crippen LogP contribution in [0.5, 0.6) is 0 Å². The van der Waals surface area contributed by atoms with Crippen molar-refractivity contribution in [2.24, 2.45) is 5.92 Å². The van der Waals surface area contributed by atoms with Crippen LogP contribution in [0.3, 0.4) is 0 Å². The molecule has 0 saturated heterocycles. The van der Waals surface area contributed by atoms with Crippen LogP contribution in [-0.4, -0.2) is 31.8 Å². The number of alkyl halides is 1. The first-order chi connectivity index (χ1) is 5.81. The zero-order chi connectivity index (χ0) is 9.23. The summed E-state index contributed by atoms with van der Waals surface area (Å²) in [6.45, 7) is 7.37. The van der Waals surface area contributed by atoms with Crippen molar-refractivity contribution < 1.29 is 9.47 Å². The van der Waals surface area contributed by atoms with Crippen molar-refractivity contribution in [3.63, 3.8) is 0 Å². The molecular formula is C9H19BrO2. The predicted octanol–water partition coefficient (Wildman–Crippen LogP) is 2.46. The zero-order valence-corrected chi connectivity index (χ0v) is 9.60. The molecule has 0 aliphatic heterocycles. The topological polar surface area (TPSA) is 18.5 Å². The highest BCUT2D eigenvalue weighted by Crippen LogP contribution is 1.99. The quantitative estimate of drug-likeness (QED) is 0.478. The molecule has 0 bridgehead atoms. The van der Waals surface area contributed by atoms with E-state index in [4.69, 9.17) is 9.47 Å². The van der Waals surface area contributed by atoms with E-state index in [-0.39, 0.29) is 0 Å². The van der Waals surface area contributed by atoms with Gasteiger partial charge >= 0.3 is 0 Å². The van der Waals surface area contributed by atoms with Crippen molar-refractivity contribution in [1.29, 1.82) is 0 Å². The Morgan fingerprint density at radius 2 is 1.83 bits per heavy atom. The fraction of sp³-hybridized carbons (Fsp3) is 1.00. The molecular weight excluding hydrogens is 220 g/mol. The van der Waals surface area contributed by atoms with Crippen LogP contribution in [0.25, 0.3) is 0 Å². The molecule has 2 nitrogen and oxygen atoms in total. The molecule has 3 heteroatoms. The second-order valence-electron chi connectivity index (χ2n) is 2.95. The summed E-state index contributed by atoms with van der Waals surface area (Å²) in [5.41, 5.74) is 0. The second kappa shape index (κ2) is 9.49. The summed E-state index contributed by atoms with van der Waals surface area (Å²) in [6, 6.07) is 0. The Morgan fingerprint density at radius 1 is 1.17 bits per heavy atom. The third-order valence-corrected chi connectivity index (χ3v) is 2.49. The molecule has 74 valence electrons. The van der Waals surface area contributed by atoms with Gasteiger partial charge in [0.15, 0.2) is 0 Å². The van der Waals surface area contributed by atoms with Gasteiger partial charge in [-0.3, -0.25) is 0 Å². The van der Waals surface area contributed by atoms with Gasteiger partial charge in [-0.15, -0.1) is 0 Å². The normalized spacial score (nSPS) is 13.2. The van der Waals surface area contributed by atoms with Crippen LogP contribution < -0.4 is 0 Å². The van der Waals surface area contributed by atoms with Crippen molar-refractivity contribution in [3.05, 3.63) is 0 Å². The van der Waals surface area contributed by atoms with Gasteiger partial charge in [-0.05, 0) is 12.3 Å². The molecule has 0 heterocycles. The van der Waals surface area contributed by atoms with E-state index < -0.39 is 0 Å². The fourth-order valence-electron chi connectivity index (χ4n) is 0.693. The molecule has 0 rings (SSSR count). The van der Waals surface area contributed by atoms with Gasteiger partial charge in [-0.25, -0.2) is 0 Å². The summed E-state index contributed by atoms with van der Waals surface area (Å²) < 4.78 is 10.6. The van der Waals surface area contributed by atoms with E-state index in [0.29, 0.717) is 5.92 Å². The second-order valence-corrected chi connectivity index (χ2v) is 3.59. The highest BCUT2D eigenvalue weighted by atomic mass is 79.9. The molecule has 0 aromatic heterocycles. The van der Waals surface area contributed by atoms with Crippen molar-refractivity contribution >= 4 is 15.9 Å². The summed E-state index contributed by atoms with van der Waals surface area (Å²) in [7, 11) is 0. The number of hydrogen-bond acceptors (Lipinski definition) is 2. The van der Waals surface area contributed by atoms with E-state index in [9.17, 15) is 0 Å². The van der Waals surface area contributed by atoms with Gasteiger partial charge in [-0.1, -0.05) is 29.8 Å². The molecule has 12 heavy (non-hydrogen) atoms. The third kappa shape index (κ3) is 8.50. The van der Waals surface area contributed by atoms with E-state index >= 15 is 0 Å². The molecule has 1 atom stereocenters. The Labute approximate surface area is 83.8 Å². The lowest BCUT2D eigenvalue weighted by Crippen LogP contribution is -2.11. The van der Waals surface area contributed by atoms with Crippen LogP contribution >= 0.6 is 15.9 Å². The predicted molar refractivity (Wildman–Crippen MR) is 54.9 cm³/mol. The van der Waals surface area contributed by atoms with Gasteiger partial charge in [0, 0.05) is 11.9 Å². The Morgan fingerprint density at radius 3 is 2.42 bits per heavy atom. The Balaban J connectivity index is 2.90. The van der Waals surface area contributed by atoms with E-state index in [2.05, 4.69) is 29.8 Å². The van der Waals surface area contributed by atoms with Gasteiger partial charge in [0.1, 0.15) is 0 Å². The van der Waals surface area contributed by atoms with E-state index in [0.717, 1.165) is 38.2 Å². The summed E-state index contributed by atoms with van der Waals surface area (Å²) in [5.74, 6) is 0.594. The van der Waals surface area contributed by atoms with E-state index in [1.807, 2.05) is 0 Å². The largest absolute Gasteiger partial charge is 0.379 e. The number of hydrogen-bond donors (Lipinski definition) is 0.